The summed E-state index contributed by atoms with van der Waals surface area (Å²) in [6, 6.07) is 5.85. The first-order chi connectivity index (χ1) is 13.6. The number of oxazole rings is 1. The molecule has 0 unspecified atom stereocenters. The van der Waals surface area contributed by atoms with E-state index in [9.17, 15) is 4.79 Å². The number of anilines is 1. The second-order valence-corrected chi connectivity index (χ2v) is 8.22. The second-order valence-electron chi connectivity index (χ2n) is 7.15. The Morgan fingerprint density at radius 3 is 2.82 bits per heavy atom. The van der Waals surface area contributed by atoms with E-state index in [1.54, 1.807) is 25.1 Å². The van der Waals surface area contributed by atoms with Gasteiger partial charge in [-0.25, -0.2) is 4.98 Å². The minimum Gasteiger partial charge on any atom is -0.491 e. The van der Waals surface area contributed by atoms with E-state index in [0.29, 0.717) is 11.7 Å². The lowest BCUT2D eigenvalue weighted by Gasteiger charge is -2.10. The van der Waals surface area contributed by atoms with Crippen molar-refractivity contribution in [3.8, 4) is 16.9 Å². The highest BCUT2D eigenvalue weighted by Gasteiger charge is 2.24. The standard InChI is InChI=1S/C21H25N3O3S/c1-4-28-23-15-10-16(14-9-18(26-3)21(25)24(2)12-14)19-17(11-15)22-20(27-19)13-7-5-6-8-13/h9-13,23H,4-8H2,1-3H3. The van der Waals surface area contributed by atoms with Gasteiger partial charge in [0.05, 0.1) is 7.11 Å². The molecule has 6 nitrogen and oxygen atoms in total. The molecule has 0 amide bonds. The molecule has 0 bridgehead atoms. The van der Waals surface area contributed by atoms with Crippen LogP contribution in [0.3, 0.4) is 0 Å². The van der Waals surface area contributed by atoms with Crippen molar-refractivity contribution in [2.24, 2.45) is 7.05 Å². The zero-order valence-corrected chi connectivity index (χ0v) is 17.3. The van der Waals surface area contributed by atoms with Gasteiger partial charge in [-0.05, 0) is 31.0 Å². The number of nitrogens with one attached hydrogen (secondary N) is 1. The molecule has 0 spiro atoms. The van der Waals surface area contributed by atoms with E-state index in [4.69, 9.17) is 14.1 Å². The lowest BCUT2D eigenvalue weighted by molar-refractivity contribution is 0.405. The molecule has 1 aromatic carbocycles. The fourth-order valence-electron chi connectivity index (χ4n) is 3.80. The van der Waals surface area contributed by atoms with Crippen LogP contribution in [-0.2, 0) is 7.05 Å². The molecule has 2 heterocycles. The number of ether oxygens (including phenoxy) is 1. The number of aryl methyl sites for hydroxylation is 1. The maximum Gasteiger partial charge on any atom is 0.292 e. The van der Waals surface area contributed by atoms with E-state index in [1.807, 2.05) is 18.3 Å². The molecular formula is C21H25N3O3S. The van der Waals surface area contributed by atoms with Crippen molar-refractivity contribution < 1.29 is 9.15 Å². The number of hydrogen-bond donors (Lipinski definition) is 1. The van der Waals surface area contributed by atoms with Crippen molar-refractivity contribution in [1.82, 2.24) is 9.55 Å². The fraction of sp³-hybridized carbons (Fsp3) is 0.429. The van der Waals surface area contributed by atoms with Crippen molar-refractivity contribution in [1.29, 1.82) is 0 Å². The summed E-state index contributed by atoms with van der Waals surface area (Å²) in [5.41, 5.74) is 4.17. The quantitative estimate of drug-likeness (QED) is 0.592. The smallest absolute Gasteiger partial charge is 0.292 e. The minimum atomic E-state index is -0.164. The maximum absolute atomic E-state index is 12.2. The van der Waals surface area contributed by atoms with Crippen molar-refractivity contribution >= 4 is 28.7 Å². The van der Waals surface area contributed by atoms with E-state index in [0.717, 1.165) is 52.4 Å². The van der Waals surface area contributed by atoms with Crippen LogP contribution in [0.15, 0.2) is 33.6 Å². The summed E-state index contributed by atoms with van der Waals surface area (Å²) in [7, 11) is 3.24. The lowest BCUT2D eigenvalue weighted by Crippen LogP contribution is -2.17. The number of aromatic nitrogens is 2. The molecule has 2 aromatic heterocycles. The lowest BCUT2D eigenvalue weighted by atomic mass is 10.1. The molecule has 148 valence electrons. The Balaban J connectivity index is 1.89. The van der Waals surface area contributed by atoms with Gasteiger partial charge in [0, 0.05) is 41.7 Å². The van der Waals surface area contributed by atoms with Crippen LogP contribution in [0.25, 0.3) is 22.2 Å². The van der Waals surface area contributed by atoms with Gasteiger partial charge >= 0.3 is 0 Å². The Kier molecular flexibility index (Phi) is 5.35. The van der Waals surface area contributed by atoms with Crippen LogP contribution < -0.4 is 15.0 Å². The zero-order chi connectivity index (χ0) is 19.7. The molecule has 0 atom stereocenters. The molecule has 28 heavy (non-hydrogen) atoms. The average molecular weight is 400 g/mol. The number of hydrogen-bond acceptors (Lipinski definition) is 6. The Morgan fingerprint density at radius 2 is 2.11 bits per heavy atom. The Hall–Kier alpha value is -2.41. The highest BCUT2D eigenvalue weighted by molar-refractivity contribution is 8.00. The third kappa shape index (κ3) is 3.51. The highest BCUT2D eigenvalue weighted by atomic mass is 32.2. The molecule has 0 saturated heterocycles. The van der Waals surface area contributed by atoms with Crippen LogP contribution in [0.1, 0.15) is 44.4 Å². The number of benzene rings is 1. The van der Waals surface area contributed by atoms with Gasteiger partial charge < -0.3 is 18.4 Å². The van der Waals surface area contributed by atoms with Crippen LogP contribution in [0.2, 0.25) is 0 Å². The molecule has 3 aromatic rings. The van der Waals surface area contributed by atoms with Gasteiger partial charge in [0.15, 0.2) is 17.2 Å². The summed E-state index contributed by atoms with van der Waals surface area (Å²) < 4.78 is 16.5. The molecule has 1 aliphatic carbocycles. The van der Waals surface area contributed by atoms with E-state index >= 15 is 0 Å². The van der Waals surface area contributed by atoms with Crippen LogP contribution in [0, 0.1) is 0 Å². The summed E-state index contributed by atoms with van der Waals surface area (Å²) >= 11 is 1.63. The van der Waals surface area contributed by atoms with E-state index in [-0.39, 0.29) is 5.56 Å². The molecule has 0 radical (unpaired) electrons. The maximum atomic E-state index is 12.2. The number of nitrogens with zero attached hydrogens (tertiary/aromatic N) is 2. The van der Waals surface area contributed by atoms with Gasteiger partial charge in [-0.3, -0.25) is 4.79 Å². The predicted molar refractivity (Wildman–Crippen MR) is 114 cm³/mol. The summed E-state index contributed by atoms with van der Waals surface area (Å²) in [4.78, 5) is 17.0. The van der Waals surface area contributed by atoms with Gasteiger partial charge in [0.1, 0.15) is 5.52 Å². The average Bonchev–Trinajstić information content (AvgIpc) is 3.37. The normalized spacial score (nSPS) is 14.7. The first-order valence-corrected chi connectivity index (χ1v) is 10.7. The summed E-state index contributed by atoms with van der Waals surface area (Å²) in [5.74, 6) is 2.49. The highest BCUT2D eigenvalue weighted by Crippen LogP contribution is 2.39. The molecule has 1 N–H and O–H groups in total. The van der Waals surface area contributed by atoms with E-state index in [1.165, 1.54) is 24.5 Å². The van der Waals surface area contributed by atoms with Crippen LogP contribution >= 0.6 is 11.9 Å². The van der Waals surface area contributed by atoms with Crippen molar-refractivity contribution in [2.75, 3.05) is 17.6 Å². The topological polar surface area (TPSA) is 69.3 Å². The van der Waals surface area contributed by atoms with Gasteiger partial charge in [-0.1, -0.05) is 31.7 Å². The first kappa shape index (κ1) is 18.9. The van der Waals surface area contributed by atoms with E-state index in [2.05, 4.69) is 11.6 Å². The third-order valence-electron chi connectivity index (χ3n) is 5.23. The molecule has 0 aliphatic heterocycles. The van der Waals surface area contributed by atoms with Gasteiger partial charge in [-0.15, -0.1) is 0 Å². The molecule has 1 fully saturated rings. The summed E-state index contributed by atoms with van der Waals surface area (Å²) in [6.07, 6.45) is 6.54. The Bertz CT molecular complexity index is 1050. The van der Waals surface area contributed by atoms with Crippen molar-refractivity contribution in [3.05, 3.63) is 40.6 Å². The first-order valence-electron chi connectivity index (χ1n) is 9.68. The summed E-state index contributed by atoms with van der Waals surface area (Å²) in [6.45, 7) is 2.10. The van der Waals surface area contributed by atoms with Crippen molar-refractivity contribution in [2.45, 2.75) is 38.5 Å². The summed E-state index contributed by atoms with van der Waals surface area (Å²) in [5, 5.41) is 0. The number of rotatable bonds is 6. The molecule has 7 heteroatoms. The minimum absolute atomic E-state index is 0.164. The third-order valence-corrected chi connectivity index (χ3v) is 5.90. The number of fused-ring (bicyclic) bond motifs is 1. The SMILES string of the molecule is CCSNc1cc(-c2cc(OC)c(=O)n(C)c2)c2oc(C3CCCC3)nc2c1. The Labute approximate surface area is 168 Å². The fourth-order valence-corrected chi connectivity index (χ4v) is 4.23. The van der Waals surface area contributed by atoms with Crippen LogP contribution in [0.5, 0.6) is 5.75 Å². The van der Waals surface area contributed by atoms with Crippen LogP contribution in [-0.4, -0.2) is 22.4 Å². The number of pyridine rings is 1. The van der Waals surface area contributed by atoms with Gasteiger partial charge in [-0.2, -0.15) is 0 Å². The van der Waals surface area contributed by atoms with Gasteiger partial charge in [0.25, 0.3) is 5.56 Å². The monoisotopic (exact) mass is 399 g/mol. The molecular weight excluding hydrogens is 374 g/mol. The second kappa shape index (κ2) is 7.91. The molecule has 4 rings (SSSR count). The predicted octanol–water partition coefficient (Wildman–Crippen LogP) is 4.94. The Morgan fingerprint density at radius 1 is 1.32 bits per heavy atom. The van der Waals surface area contributed by atoms with Crippen molar-refractivity contribution in [3.63, 3.8) is 0 Å². The largest absolute Gasteiger partial charge is 0.491 e. The number of methoxy groups -OCH3 is 1. The molecule has 1 saturated carbocycles. The van der Waals surface area contributed by atoms with Gasteiger partial charge in [0.2, 0.25) is 0 Å². The van der Waals surface area contributed by atoms with Crippen LogP contribution in [0.4, 0.5) is 5.69 Å². The zero-order valence-electron chi connectivity index (χ0n) is 16.4. The molecule has 1 aliphatic rings. The van der Waals surface area contributed by atoms with E-state index < -0.39 is 0 Å².